The molecule has 13 heteroatoms. The molecule has 2 N–H and O–H groups in total. The second-order valence-electron chi connectivity index (χ2n) is 8.87. The van der Waals surface area contributed by atoms with E-state index in [1.807, 2.05) is 6.92 Å². The maximum absolute atomic E-state index is 15.2. The number of pyridine rings is 1. The quantitative estimate of drug-likeness (QED) is 0.424. The molecule has 0 saturated carbocycles. The Balaban J connectivity index is 1.32. The fourth-order valence-electron chi connectivity index (χ4n) is 4.76. The third-order valence-corrected chi connectivity index (χ3v) is 6.76. The predicted molar refractivity (Wildman–Crippen MR) is 126 cm³/mol. The third kappa shape index (κ3) is 3.74. The Morgan fingerprint density at radius 1 is 1.23 bits per heavy atom. The Morgan fingerprint density at radius 3 is 2.80 bits per heavy atom. The maximum Gasteiger partial charge on any atom is 0.243 e. The second-order valence-corrected chi connectivity index (χ2v) is 8.87. The van der Waals surface area contributed by atoms with Crippen LogP contribution in [0.15, 0.2) is 18.3 Å². The van der Waals surface area contributed by atoms with Crippen molar-refractivity contribution in [1.29, 1.82) is 0 Å². The molecule has 0 unspecified atom stereocenters. The summed E-state index contributed by atoms with van der Waals surface area (Å²) in [5.41, 5.74) is 2.34. The normalized spacial score (nSPS) is 21.5. The lowest BCUT2D eigenvalue weighted by Gasteiger charge is -2.42. The van der Waals surface area contributed by atoms with Crippen molar-refractivity contribution >= 4 is 28.4 Å². The summed E-state index contributed by atoms with van der Waals surface area (Å²) >= 11 is 0. The minimum absolute atomic E-state index is 0.230. The van der Waals surface area contributed by atoms with Crippen molar-refractivity contribution in [3.63, 3.8) is 0 Å². The first kappa shape index (κ1) is 22.0. The number of hydrogen-bond acceptors (Lipinski definition) is 9. The van der Waals surface area contributed by atoms with E-state index < -0.39 is 18.0 Å². The van der Waals surface area contributed by atoms with Gasteiger partial charge >= 0.3 is 0 Å². The van der Waals surface area contributed by atoms with E-state index in [9.17, 15) is 4.39 Å². The molecule has 2 aliphatic heterocycles. The highest BCUT2D eigenvalue weighted by atomic mass is 19.1. The average Bonchev–Trinajstić information content (AvgIpc) is 3.38. The van der Waals surface area contributed by atoms with Crippen molar-refractivity contribution in [3.8, 4) is 11.3 Å². The van der Waals surface area contributed by atoms with Crippen LogP contribution < -0.4 is 10.6 Å². The molecule has 6 heterocycles. The van der Waals surface area contributed by atoms with Crippen molar-refractivity contribution in [2.24, 2.45) is 0 Å². The highest BCUT2D eigenvalue weighted by Gasteiger charge is 2.35. The topological polar surface area (TPSA) is 110 Å². The zero-order chi connectivity index (χ0) is 24.1. The van der Waals surface area contributed by atoms with Crippen LogP contribution in [0.25, 0.3) is 27.9 Å². The molecule has 2 aliphatic rings. The van der Waals surface area contributed by atoms with Gasteiger partial charge in [-0.25, -0.2) is 23.0 Å². The zero-order valence-corrected chi connectivity index (χ0v) is 19.4. The number of rotatable bonds is 6. The lowest BCUT2D eigenvalue weighted by atomic mass is 10.0. The minimum Gasteiger partial charge on any atom is -0.378 e. The summed E-state index contributed by atoms with van der Waals surface area (Å²) in [5.74, 6) is 0.146. The second kappa shape index (κ2) is 8.64. The van der Waals surface area contributed by atoms with E-state index in [1.165, 1.54) is 10.7 Å². The summed E-state index contributed by atoms with van der Waals surface area (Å²) < 4.78 is 38.5. The Morgan fingerprint density at radius 2 is 2.09 bits per heavy atom. The molecule has 0 aliphatic carbocycles. The number of hydrogen-bond donors (Lipinski definition) is 2. The molecule has 0 spiro atoms. The lowest BCUT2D eigenvalue weighted by Crippen LogP contribution is -2.57. The summed E-state index contributed by atoms with van der Waals surface area (Å²) in [6, 6.07) is 3.34. The van der Waals surface area contributed by atoms with Crippen molar-refractivity contribution in [2.75, 3.05) is 44.0 Å². The van der Waals surface area contributed by atoms with Crippen LogP contribution >= 0.6 is 0 Å². The molecule has 0 bridgehead atoms. The maximum atomic E-state index is 15.2. The summed E-state index contributed by atoms with van der Waals surface area (Å²) in [6.45, 7) is 4.97. The third-order valence-electron chi connectivity index (χ3n) is 6.76. The smallest absolute Gasteiger partial charge is 0.243 e. The molecular formula is C22H26F2N10O. The first-order valence-electron chi connectivity index (χ1n) is 11.7. The number of anilines is 2. The van der Waals surface area contributed by atoms with Crippen molar-refractivity contribution in [2.45, 2.75) is 38.1 Å². The summed E-state index contributed by atoms with van der Waals surface area (Å²) in [4.78, 5) is 11.3. The van der Waals surface area contributed by atoms with Crippen molar-refractivity contribution < 1.29 is 13.5 Å². The number of piperidine rings is 1. The van der Waals surface area contributed by atoms with Gasteiger partial charge < -0.3 is 15.4 Å². The number of nitrogens with zero attached hydrogens (tertiary/aromatic N) is 8. The van der Waals surface area contributed by atoms with Crippen LogP contribution in [0, 0.1) is 5.82 Å². The molecule has 4 aromatic rings. The van der Waals surface area contributed by atoms with E-state index in [0.717, 1.165) is 6.54 Å². The van der Waals surface area contributed by atoms with Crippen LogP contribution in [0.5, 0.6) is 0 Å². The number of alkyl halides is 1. The number of ether oxygens (including phenoxy) is 1. The molecule has 6 rings (SSSR count). The van der Waals surface area contributed by atoms with Gasteiger partial charge in [-0.1, -0.05) is 5.21 Å². The number of halogens is 2. The molecule has 0 aromatic carbocycles. The van der Waals surface area contributed by atoms with Crippen LogP contribution in [0.3, 0.4) is 0 Å². The molecule has 11 nitrogen and oxygen atoms in total. The molecule has 0 radical (unpaired) electrons. The summed E-state index contributed by atoms with van der Waals surface area (Å²) in [5, 5.41) is 18.8. The molecule has 4 aromatic heterocycles. The van der Waals surface area contributed by atoms with Gasteiger partial charge in [0.05, 0.1) is 42.8 Å². The number of nitrogens with one attached hydrogen (secondary N) is 2. The summed E-state index contributed by atoms with van der Waals surface area (Å²) in [7, 11) is 1.70. The number of aryl methyl sites for hydroxylation is 1. The van der Waals surface area contributed by atoms with Crippen LogP contribution in [-0.2, 0) is 11.3 Å². The van der Waals surface area contributed by atoms with Gasteiger partial charge in [0.15, 0.2) is 17.3 Å². The van der Waals surface area contributed by atoms with E-state index >= 15 is 4.39 Å². The van der Waals surface area contributed by atoms with Crippen LogP contribution in [0.2, 0.25) is 0 Å². The Labute approximate surface area is 199 Å². The minimum atomic E-state index is -1.08. The van der Waals surface area contributed by atoms with E-state index in [2.05, 4.69) is 40.9 Å². The van der Waals surface area contributed by atoms with Crippen LogP contribution in [0.4, 0.5) is 20.5 Å². The largest absolute Gasteiger partial charge is 0.378 e. The van der Waals surface area contributed by atoms with E-state index in [4.69, 9.17) is 4.74 Å². The first-order chi connectivity index (χ1) is 17.1. The van der Waals surface area contributed by atoms with Gasteiger partial charge in [-0.2, -0.15) is 4.98 Å². The van der Waals surface area contributed by atoms with E-state index in [-0.39, 0.29) is 11.5 Å². The Kier molecular flexibility index (Phi) is 5.44. The SMILES string of the molecule is CCn1nnc2ccc(-c3c(F)cn4nc(N[C@H]5CCN(C6COC6)C[C@H]5F)nc(NC)c34)nc21. The zero-order valence-electron chi connectivity index (χ0n) is 19.4. The fourth-order valence-corrected chi connectivity index (χ4v) is 4.76. The van der Waals surface area contributed by atoms with Gasteiger partial charge in [0, 0.05) is 26.7 Å². The first-order valence-corrected chi connectivity index (χ1v) is 11.7. The van der Waals surface area contributed by atoms with Gasteiger partial charge in [0.2, 0.25) is 5.95 Å². The Bertz CT molecular complexity index is 1380. The fraction of sp³-hybridized carbons (Fsp3) is 0.500. The van der Waals surface area contributed by atoms with Gasteiger partial charge in [0.1, 0.15) is 17.2 Å². The van der Waals surface area contributed by atoms with Crippen molar-refractivity contribution in [3.05, 3.63) is 24.1 Å². The highest BCUT2D eigenvalue weighted by molar-refractivity contribution is 5.89. The number of aromatic nitrogens is 7. The van der Waals surface area contributed by atoms with E-state index in [1.54, 1.807) is 23.9 Å². The van der Waals surface area contributed by atoms with Gasteiger partial charge in [-0.05, 0) is 25.5 Å². The van der Waals surface area contributed by atoms with Crippen LogP contribution in [0.1, 0.15) is 13.3 Å². The highest BCUT2D eigenvalue weighted by Crippen LogP contribution is 2.33. The van der Waals surface area contributed by atoms with Crippen LogP contribution in [-0.4, -0.2) is 91.1 Å². The van der Waals surface area contributed by atoms with Gasteiger partial charge in [0.25, 0.3) is 0 Å². The Hall–Kier alpha value is -3.45. The standard InChI is InChI=1S/C22H26F2N10O/c1-3-33-21-17(29-31-33)5-4-16(26-21)18-14(24)9-34-19(18)20(25-2)28-22(30-34)27-15-6-7-32(8-13(15)23)12-10-35-11-12/h4-5,9,12-13,15H,3,6-8,10-11H2,1-2H3,(H2,25,27,28,30)/t13-,15+/m1/s1. The molecule has 184 valence electrons. The molecule has 0 amide bonds. The summed E-state index contributed by atoms with van der Waals surface area (Å²) in [6.07, 6.45) is 0.820. The lowest BCUT2D eigenvalue weighted by molar-refractivity contribution is -0.0794. The average molecular weight is 485 g/mol. The van der Waals surface area contributed by atoms with E-state index in [0.29, 0.717) is 67.0 Å². The number of fused-ring (bicyclic) bond motifs is 2. The van der Waals surface area contributed by atoms with Gasteiger partial charge in [-0.3, -0.25) is 4.90 Å². The molecule has 2 saturated heterocycles. The van der Waals surface area contributed by atoms with Gasteiger partial charge in [-0.15, -0.1) is 10.2 Å². The monoisotopic (exact) mass is 484 g/mol. The number of likely N-dealkylation sites (tertiary alicyclic amines) is 1. The molecular weight excluding hydrogens is 458 g/mol. The molecule has 2 atom stereocenters. The van der Waals surface area contributed by atoms with Crippen molar-refractivity contribution in [1.82, 2.24) is 39.5 Å². The predicted octanol–water partition coefficient (Wildman–Crippen LogP) is 1.96. The molecule has 2 fully saturated rings. The molecule has 35 heavy (non-hydrogen) atoms.